The second-order valence-electron chi connectivity index (χ2n) is 12.4. The molecule has 0 unspecified atom stereocenters. The Morgan fingerprint density at radius 1 is 1.04 bits per heavy atom. The van der Waals surface area contributed by atoms with Crippen LogP contribution in [0.15, 0.2) is 41.4 Å². The maximum Gasteiger partial charge on any atom is 0.248 e. The Kier molecular flexibility index (Phi) is 10.3. The van der Waals surface area contributed by atoms with Crippen LogP contribution in [0.1, 0.15) is 73.7 Å². The number of nitrogens with zero attached hydrogens (tertiary/aromatic N) is 7. The molecule has 2 amide bonds. The highest BCUT2D eigenvalue weighted by atomic mass is 79.9. The number of aryl methyl sites for hydroxylation is 2. The maximum absolute atomic E-state index is 14.0. The van der Waals surface area contributed by atoms with Gasteiger partial charge in [0.15, 0.2) is 5.78 Å². The van der Waals surface area contributed by atoms with Crippen molar-refractivity contribution in [2.24, 2.45) is 5.92 Å². The zero-order valence-corrected chi connectivity index (χ0v) is 28.3. The Balaban J connectivity index is 1.27. The average Bonchev–Trinajstić information content (AvgIpc) is 3.65. The summed E-state index contributed by atoms with van der Waals surface area (Å²) < 4.78 is 8.16. The lowest BCUT2D eigenvalue weighted by Crippen LogP contribution is -2.44. The fraction of sp³-hybridized carbons (Fsp3) is 0.471. The molecule has 0 aliphatic carbocycles. The van der Waals surface area contributed by atoms with Gasteiger partial charge in [0, 0.05) is 49.3 Å². The van der Waals surface area contributed by atoms with Gasteiger partial charge in [-0.1, -0.05) is 31.7 Å². The third kappa shape index (κ3) is 7.73. The van der Waals surface area contributed by atoms with Crippen molar-refractivity contribution in [2.45, 2.75) is 77.8 Å². The van der Waals surface area contributed by atoms with E-state index < -0.39 is 6.04 Å². The Morgan fingerprint density at radius 2 is 1.81 bits per heavy atom. The molecule has 246 valence electrons. The number of amides is 2. The fourth-order valence-corrected chi connectivity index (χ4v) is 6.68. The number of likely N-dealkylation sites (tertiary alicyclic amines) is 1. The molecule has 6 heterocycles. The number of fused-ring (bicyclic) bond motifs is 4. The number of halogens is 1. The van der Waals surface area contributed by atoms with Crippen molar-refractivity contribution in [1.82, 2.24) is 34.6 Å². The highest BCUT2D eigenvalue weighted by Gasteiger charge is 2.40. The Bertz CT molecular complexity index is 1780. The molecule has 2 bridgehead atoms. The highest BCUT2D eigenvalue weighted by molar-refractivity contribution is 9.10. The van der Waals surface area contributed by atoms with Crippen molar-refractivity contribution in [1.29, 1.82) is 0 Å². The van der Waals surface area contributed by atoms with Gasteiger partial charge in [0.1, 0.15) is 34.5 Å². The van der Waals surface area contributed by atoms with Crippen molar-refractivity contribution >= 4 is 50.2 Å². The van der Waals surface area contributed by atoms with E-state index in [0.29, 0.717) is 64.6 Å². The number of nitrogens with one attached hydrogen (secondary N) is 1. The van der Waals surface area contributed by atoms with Gasteiger partial charge in [0.2, 0.25) is 11.8 Å². The highest BCUT2D eigenvalue weighted by Crippen LogP contribution is 2.29. The number of pyridine rings is 2. The van der Waals surface area contributed by atoms with E-state index in [1.54, 1.807) is 36.5 Å². The zero-order valence-electron chi connectivity index (χ0n) is 26.7. The molecule has 4 aromatic heterocycles. The molecule has 0 saturated carbocycles. The number of rotatable bonds is 4. The fourth-order valence-electron chi connectivity index (χ4n) is 6.37. The lowest BCUT2D eigenvalue weighted by Gasteiger charge is -2.24. The SMILES string of the molecule is CC(=O)c1nn(CC(=O)N2C[C@H]3COCCCCCCCCc4ccc(Br)nc4NC(=O)[C@@H]2C3)c2cnc(-c3cnc(C)nc3)cc12. The van der Waals surface area contributed by atoms with E-state index in [2.05, 4.69) is 46.3 Å². The van der Waals surface area contributed by atoms with Crippen molar-refractivity contribution in [3.63, 3.8) is 0 Å². The largest absolute Gasteiger partial charge is 0.381 e. The van der Waals surface area contributed by atoms with Crippen LogP contribution in [0.2, 0.25) is 0 Å². The molecule has 0 radical (unpaired) electrons. The molecule has 1 fully saturated rings. The first-order valence-corrected chi connectivity index (χ1v) is 17.1. The molecule has 47 heavy (non-hydrogen) atoms. The molecule has 0 spiro atoms. The predicted octanol–water partition coefficient (Wildman–Crippen LogP) is 5.33. The first kappa shape index (κ1) is 32.8. The normalized spacial score (nSPS) is 19.6. The van der Waals surface area contributed by atoms with Gasteiger partial charge in [0.25, 0.3) is 0 Å². The van der Waals surface area contributed by atoms with E-state index in [1.807, 2.05) is 12.1 Å². The summed E-state index contributed by atoms with van der Waals surface area (Å²) in [5, 5.41) is 8.17. The van der Waals surface area contributed by atoms with Gasteiger partial charge in [-0.15, -0.1) is 0 Å². The van der Waals surface area contributed by atoms with Crippen molar-refractivity contribution in [3.05, 3.63) is 58.5 Å². The van der Waals surface area contributed by atoms with Crippen LogP contribution in [0.5, 0.6) is 0 Å². The molecule has 13 heteroatoms. The smallest absolute Gasteiger partial charge is 0.248 e. The monoisotopic (exact) mass is 702 g/mol. The molecule has 6 rings (SSSR count). The minimum atomic E-state index is -0.708. The lowest BCUT2D eigenvalue weighted by molar-refractivity contribution is -0.137. The van der Waals surface area contributed by atoms with Crippen molar-refractivity contribution < 1.29 is 19.1 Å². The summed E-state index contributed by atoms with van der Waals surface area (Å²) in [5.41, 5.74) is 3.06. The van der Waals surface area contributed by atoms with E-state index in [-0.39, 0.29) is 35.8 Å². The van der Waals surface area contributed by atoms with Gasteiger partial charge in [-0.25, -0.2) is 15.0 Å². The number of ketones is 1. The molecular weight excluding hydrogens is 664 g/mol. The number of Topliss-reactive ketones (excluding diaryl/α,β-unsaturated/α-hetero) is 1. The summed E-state index contributed by atoms with van der Waals surface area (Å²) in [7, 11) is 0. The Hall–Kier alpha value is -4.10. The number of hydrogen-bond donors (Lipinski definition) is 1. The quantitative estimate of drug-likeness (QED) is 0.220. The molecule has 1 saturated heterocycles. The summed E-state index contributed by atoms with van der Waals surface area (Å²) in [5.74, 6) is 0.375. The van der Waals surface area contributed by atoms with Crippen LogP contribution in [0, 0.1) is 12.8 Å². The minimum absolute atomic E-state index is 0.00317. The van der Waals surface area contributed by atoms with E-state index in [1.165, 1.54) is 24.4 Å². The first-order valence-electron chi connectivity index (χ1n) is 16.3. The molecule has 2 atom stereocenters. The maximum atomic E-state index is 14.0. The van der Waals surface area contributed by atoms with Gasteiger partial charge >= 0.3 is 0 Å². The lowest BCUT2D eigenvalue weighted by atomic mass is 10.0. The van der Waals surface area contributed by atoms with Gasteiger partial charge in [-0.05, 0) is 66.2 Å². The van der Waals surface area contributed by atoms with Crippen LogP contribution in [0.4, 0.5) is 5.82 Å². The molecule has 2 aliphatic rings. The number of ether oxygens (including phenoxy) is 1. The molecule has 12 nitrogen and oxygen atoms in total. The van der Waals surface area contributed by atoms with Crippen LogP contribution in [0.3, 0.4) is 0 Å². The van der Waals surface area contributed by atoms with Gasteiger partial charge in [-0.2, -0.15) is 5.10 Å². The molecule has 2 aliphatic heterocycles. The molecular formula is C34H39BrN8O4. The van der Waals surface area contributed by atoms with Crippen LogP contribution >= 0.6 is 15.9 Å². The Morgan fingerprint density at radius 3 is 2.60 bits per heavy atom. The molecule has 1 N–H and O–H groups in total. The third-order valence-corrected chi connectivity index (χ3v) is 9.31. The van der Waals surface area contributed by atoms with Crippen LogP contribution in [-0.4, -0.2) is 78.0 Å². The average molecular weight is 704 g/mol. The predicted molar refractivity (Wildman–Crippen MR) is 180 cm³/mol. The number of carbonyl (C=O) groups excluding carboxylic acids is 3. The van der Waals surface area contributed by atoms with Crippen LogP contribution in [-0.2, 0) is 27.3 Å². The van der Waals surface area contributed by atoms with Gasteiger partial charge in [0.05, 0.1) is 24.0 Å². The van der Waals surface area contributed by atoms with E-state index in [0.717, 1.165) is 37.7 Å². The third-order valence-electron chi connectivity index (χ3n) is 8.87. The number of carbonyl (C=O) groups is 3. The van der Waals surface area contributed by atoms with Gasteiger partial charge in [-0.3, -0.25) is 24.0 Å². The van der Waals surface area contributed by atoms with Crippen LogP contribution in [0.25, 0.3) is 22.2 Å². The van der Waals surface area contributed by atoms with Crippen LogP contribution < -0.4 is 5.32 Å². The van der Waals surface area contributed by atoms with Gasteiger partial charge < -0.3 is 15.0 Å². The second-order valence-corrected chi connectivity index (χ2v) is 13.2. The summed E-state index contributed by atoms with van der Waals surface area (Å²) in [6.45, 7) is 4.61. The Labute approximate surface area is 281 Å². The topological polar surface area (TPSA) is 145 Å². The summed E-state index contributed by atoms with van der Waals surface area (Å²) >= 11 is 3.45. The number of aromatic nitrogens is 6. The van der Waals surface area contributed by atoms with Crippen molar-refractivity contribution in [3.8, 4) is 11.3 Å². The minimum Gasteiger partial charge on any atom is -0.381 e. The summed E-state index contributed by atoms with van der Waals surface area (Å²) in [6.07, 6.45) is 12.8. The van der Waals surface area contributed by atoms with E-state index in [9.17, 15) is 14.4 Å². The van der Waals surface area contributed by atoms with E-state index >= 15 is 0 Å². The van der Waals surface area contributed by atoms with E-state index in [4.69, 9.17) is 4.74 Å². The molecule has 4 aromatic rings. The second kappa shape index (κ2) is 14.8. The number of anilines is 1. The van der Waals surface area contributed by atoms with Crippen molar-refractivity contribution in [2.75, 3.05) is 25.1 Å². The molecule has 0 aromatic carbocycles. The number of hydrogen-bond acceptors (Lipinski definition) is 9. The zero-order chi connectivity index (χ0) is 32.9. The summed E-state index contributed by atoms with van der Waals surface area (Å²) in [4.78, 5) is 59.8. The summed E-state index contributed by atoms with van der Waals surface area (Å²) in [6, 6.07) is 4.95. The first-order chi connectivity index (χ1) is 22.8. The standard InChI is InChI=1S/C34H39BrN8O4/c1-21(44)32-26-14-27(25-15-36-22(2)37-16-25)38-17-29(26)43(41-32)19-31(45)42-18-23-13-28(42)34(46)40-33-24(10-11-30(35)39-33)9-7-5-3-4-6-8-12-47-20-23/h10-11,14-17,23,28H,3-9,12-13,18-20H2,1-2H3,(H,39,40,46)/t23-,28-/m0/s1.